The zero-order valence-corrected chi connectivity index (χ0v) is 16.8. The van der Waals surface area contributed by atoms with Crippen LogP contribution in [0.5, 0.6) is 0 Å². The summed E-state index contributed by atoms with van der Waals surface area (Å²) in [6.45, 7) is 4.58. The zero-order chi connectivity index (χ0) is 18.5. The number of hydrogen-bond donors (Lipinski definition) is 0. The molecule has 0 unspecified atom stereocenters. The summed E-state index contributed by atoms with van der Waals surface area (Å²) in [5.74, 6) is 2.16. The topological polar surface area (TPSA) is 73.0 Å². The van der Waals surface area contributed by atoms with Gasteiger partial charge in [-0.2, -0.15) is 8.42 Å². The van der Waals surface area contributed by atoms with E-state index in [0.717, 1.165) is 51.2 Å². The van der Waals surface area contributed by atoms with Crippen LogP contribution in [0.3, 0.4) is 0 Å². The minimum Gasteiger partial charge on any atom is -0.365 e. The molecular formula is C20H30O5S. The van der Waals surface area contributed by atoms with Gasteiger partial charge in [-0.3, -0.25) is 8.98 Å². The van der Waals surface area contributed by atoms with Gasteiger partial charge in [0, 0.05) is 23.7 Å². The molecule has 1 saturated heterocycles. The molecule has 26 heavy (non-hydrogen) atoms. The van der Waals surface area contributed by atoms with E-state index in [-0.39, 0.29) is 28.6 Å². The molecule has 5 aliphatic rings. The van der Waals surface area contributed by atoms with Gasteiger partial charge in [-0.05, 0) is 56.3 Å². The molecule has 0 amide bonds. The number of Topliss-reactive ketones (excluding diaryl/α,β-unsaturated/α-hetero) is 1. The van der Waals surface area contributed by atoms with Crippen molar-refractivity contribution in [1.82, 2.24) is 0 Å². The lowest BCUT2D eigenvalue weighted by molar-refractivity contribution is -0.137. The van der Waals surface area contributed by atoms with Gasteiger partial charge in [0.1, 0.15) is 11.4 Å². The van der Waals surface area contributed by atoms with Crippen LogP contribution in [0.15, 0.2) is 0 Å². The Labute approximate surface area is 156 Å². The first-order chi connectivity index (χ1) is 12.1. The lowest BCUT2D eigenvalue weighted by atomic mass is 9.45. The van der Waals surface area contributed by atoms with Gasteiger partial charge in [-0.25, -0.2) is 0 Å². The minimum absolute atomic E-state index is 0.0882. The van der Waals surface area contributed by atoms with Crippen LogP contribution in [0.4, 0.5) is 0 Å². The second-order valence-corrected chi connectivity index (χ2v) is 11.7. The monoisotopic (exact) mass is 382 g/mol. The molecule has 1 spiro atoms. The molecule has 8 atom stereocenters. The summed E-state index contributed by atoms with van der Waals surface area (Å²) < 4.78 is 34.9. The normalized spacial score (nSPS) is 55.5. The van der Waals surface area contributed by atoms with E-state index in [1.54, 1.807) is 0 Å². The number of carbonyl (C=O) groups excluding carboxylic acids is 1. The molecule has 0 aromatic rings. The third-order valence-electron chi connectivity index (χ3n) is 9.06. The molecule has 0 radical (unpaired) electrons. The Hall–Kier alpha value is -0.460. The van der Waals surface area contributed by atoms with Crippen molar-refractivity contribution >= 4 is 15.9 Å². The first kappa shape index (κ1) is 17.6. The van der Waals surface area contributed by atoms with Crippen LogP contribution >= 0.6 is 0 Å². The van der Waals surface area contributed by atoms with Crippen LogP contribution in [0, 0.1) is 28.6 Å². The summed E-state index contributed by atoms with van der Waals surface area (Å²) in [5.41, 5.74) is -0.216. The molecule has 1 aliphatic heterocycles. The molecule has 0 aromatic carbocycles. The molecule has 6 heteroatoms. The van der Waals surface area contributed by atoms with E-state index in [1.165, 1.54) is 0 Å². The van der Waals surface area contributed by atoms with Crippen molar-refractivity contribution in [2.45, 2.75) is 83.0 Å². The molecule has 146 valence electrons. The van der Waals surface area contributed by atoms with E-state index >= 15 is 0 Å². The highest BCUT2D eigenvalue weighted by Crippen LogP contribution is 2.73. The fourth-order valence-electron chi connectivity index (χ4n) is 7.74. The van der Waals surface area contributed by atoms with Gasteiger partial charge in [0.15, 0.2) is 0 Å². The average Bonchev–Trinajstić information content (AvgIpc) is 3.14. The molecule has 5 rings (SSSR count). The van der Waals surface area contributed by atoms with Gasteiger partial charge in [-0.1, -0.05) is 13.8 Å². The van der Waals surface area contributed by atoms with Crippen LogP contribution in [-0.4, -0.2) is 38.3 Å². The molecular weight excluding hydrogens is 352 g/mol. The lowest BCUT2D eigenvalue weighted by Gasteiger charge is -2.58. The molecule has 5 nitrogen and oxygen atoms in total. The Balaban J connectivity index is 1.43. The third kappa shape index (κ3) is 2.15. The largest absolute Gasteiger partial charge is 0.365 e. The van der Waals surface area contributed by atoms with Gasteiger partial charge < -0.3 is 4.74 Å². The molecule has 1 heterocycles. The Kier molecular flexibility index (Phi) is 3.47. The van der Waals surface area contributed by atoms with Crippen molar-refractivity contribution in [2.75, 3.05) is 6.26 Å². The number of rotatable bonds is 2. The Morgan fingerprint density at radius 2 is 1.88 bits per heavy atom. The van der Waals surface area contributed by atoms with Gasteiger partial charge in [-0.15, -0.1) is 0 Å². The van der Waals surface area contributed by atoms with Crippen molar-refractivity contribution in [3.8, 4) is 0 Å². The number of hydrogen-bond acceptors (Lipinski definition) is 5. The highest BCUT2D eigenvalue weighted by molar-refractivity contribution is 7.86. The molecule has 4 aliphatic carbocycles. The number of carbonyl (C=O) groups is 1. The summed E-state index contributed by atoms with van der Waals surface area (Å²) in [5, 5.41) is 0. The van der Waals surface area contributed by atoms with Crippen LogP contribution in [-0.2, 0) is 23.8 Å². The number of epoxide rings is 1. The Morgan fingerprint density at radius 3 is 2.62 bits per heavy atom. The lowest BCUT2D eigenvalue weighted by Crippen LogP contribution is -2.58. The molecule has 4 saturated carbocycles. The predicted octanol–water partition coefficient (Wildman–Crippen LogP) is 3.07. The minimum atomic E-state index is -3.43. The summed E-state index contributed by atoms with van der Waals surface area (Å²) in [7, 11) is -3.43. The summed E-state index contributed by atoms with van der Waals surface area (Å²) in [6.07, 6.45) is 8.51. The number of fused-ring (bicyclic) bond motifs is 4. The van der Waals surface area contributed by atoms with Crippen molar-refractivity contribution in [3.05, 3.63) is 0 Å². The quantitative estimate of drug-likeness (QED) is 0.542. The number of ether oxygens (including phenoxy) is 1. The van der Waals surface area contributed by atoms with E-state index in [4.69, 9.17) is 8.92 Å². The SMILES string of the molecule is C[C@]12CC[C@H]3[C@@H](C[C@@H]4O[C@@]45C[C@@H](OS(C)(=O)=O)CC[C@]35C)[C@@H]1CCC2=O. The van der Waals surface area contributed by atoms with Crippen molar-refractivity contribution in [1.29, 1.82) is 0 Å². The maximum absolute atomic E-state index is 12.5. The Bertz CT molecular complexity index is 762. The fourth-order valence-corrected chi connectivity index (χ4v) is 8.40. The fraction of sp³-hybridized carbons (Fsp3) is 0.950. The smallest absolute Gasteiger partial charge is 0.264 e. The molecule has 0 bridgehead atoms. The second-order valence-electron chi connectivity index (χ2n) is 10.1. The van der Waals surface area contributed by atoms with E-state index in [0.29, 0.717) is 30.0 Å². The summed E-state index contributed by atoms with van der Waals surface area (Å²) >= 11 is 0. The van der Waals surface area contributed by atoms with E-state index < -0.39 is 10.1 Å². The number of ketones is 1. The maximum Gasteiger partial charge on any atom is 0.264 e. The van der Waals surface area contributed by atoms with Crippen molar-refractivity contribution in [2.24, 2.45) is 28.6 Å². The van der Waals surface area contributed by atoms with Gasteiger partial charge in [0.05, 0.1) is 18.5 Å². The van der Waals surface area contributed by atoms with Gasteiger partial charge >= 0.3 is 0 Å². The van der Waals surface area contributed by atoms with Crippen molar-refractivity contribution < 1.29 is 22.1 Å². The summed E-state index contributed by atoms with van der Waals surface area (Å²) in [6, 6.07) is 0. The Morgan fingerprint density at radius 1 is 1.12 bits per heavy atom. The van der Waals surface area contributed by atoms with Crippen LogP contribution in [0.25, 0.3) is 0 Å². The highest BCUT2D eigenvalue weighted by atomic mass is 32.2. The molecule has 5 fully saturated rings. The van der Waals surface area contributed by atoms with Crippen LogP contribution in [0.1, 0.15) is 65.2 Å². The van der Waals surface area contributed by atoms with Gasteiger partial charge in [0.2, 0.25) is 0 Å². The first-order valence-corrected chi connectivity index (χ1v) is 12.0. The second kappa shape index (κ2) is 5.12. The van der Waals surface area contributed by atoms with E-state index in [1.807, 2.05) is 0 Å². The van der Waals surface area contributed by atoms with E-state index in [2.05, 4.69) is 13.8 Å². The standard InChI is InChI=1S/C20H30O5S/c1-18-8-7-15-13(14(18)4-5-16(18)21)10-17-20(24-17)11-12(25-26(3,22)23)6-9-19(15,20)2/h12-15,17H,4-11H2,1-3H3/t12-,13-,14-,15-,17-,18-,19+,20-/m0/s1. The molecule has 0 aromatic heterocycles. The van der Waals surface area contributed by atoms with E-state index in [9.17, 15) is 13.2 Å². The zero-order valence-electron chi connectivity index (χ0n) is 16.0. The van der Waals surface area contributed by atoms with Gasteiger partial charge in [0.25, 0.3) is 10.1 Å². The van der Waals surface area contributed by atoms with Crippen LogP contribution in [0.2, 0.25) is 0 Å². The summed E-state index contributed by atoms with van der Waals surface area (Å²) in [4.78, 5) is 12.5. The predicted molar refractivity (Wildman–Crippen MR) is 95.9 cm³/mol. The van der Waals surface area contributed by atoms with Crippen LogP contribution < -0.4 is 0 Å². The molecule has 0 N–H and O–H groups in total. The maximum atomic E-state index is 12.5. The van der Waals surface area contributed by atoms with Crippen molar-refractivity contribution in [3.63, 3.8) is 0 Å². The highest BCUT2D eigenvalue weighted by Gasteiger charge is 2.76. The third-order valence-corrected chi connectivity index (χ3v) is 9.68. The first-order valence-electron chi connectivity index (χ1n) is 10.2. The average molecular weight is 383 g/mol.